The van der Waals surface area contributed by atoms with Crippen LogP contribution >= 0.6 is 11.3 Å². The highest BCUT2D eigenvalue weighted by Crippen LogP contribution is 2.18. The fourth-order valence-corrected chi connectivity index (χ4v) is 3.54. The fraction of sp³-hybridized carbons (Fsp3) is 0.450. The molecule has 1 aromatic heterocycles. The molecule has 0 aliphatic rings. The topological polar surface area (TPSA) is 46.1 Å². The minimum atomic E-state index is -0.261. The molecule has 0 atom stereocenters. The highest BCUT2D eigenvalue weighted by molar-refractivity contribution is 7.11. The van der Waals surface area contributed by atoms with Gasteiger partial charge in [0.25, 0.3) is 5.91 Å². The third kappa shape index (κ3) is 7.23. The first-order valence-corrected chi connectivity index (χ1v) is 9.87. The minimum absolute atomic E-state index is 0.0942. The molecular formula is C20H28FN2O2S+. The summed E-state index contributed by atoms with van der Waals surface area (Å²) in [7, 11) is 0. The van der Waals surface area contributed by atoms with Crippen LogP contribution in [-0.4, -0.2) is 37.1 Å². The SMILES string of the molecule is CCOCCC[NH2+]CC(=O)N(Cc1ccc(F)cc1)Cc1ccc(C)s1. The van der Waals surface area contributed by atoms with Gasteiger partial charge in [0.15, 0.2) is 6.54 Å². The number of nitrogens with zero attached hydrogens (tertiary/aromatic N) is 1. The highest BCUT2D eigenvalue weighted by Gasteiger charge is 2.17. The maximum absolute atomic E-state index is 13.1. The summed E-state index contributed by atoms with van der Waals surface area (Å²) >= 11 is 1.70. The Morgan fingerprint density at radius 1 is 1.19 bits per heavy atom. The van der Waals surface area contributed by atoms with Gasteiger partial charge >= 0.3 is 0 Å². The Labute approximate surface area is 159 Å². The molecule has 0 saturated carbocycles. The number of halogens is 1. The first-order chi connectivity index (χ1) is 12.6. The van der Waals surface area contributed by atoms with E-state index in [1.54, 1.807) is 23.5 Å². The summed E-state index contributed by atoms with van der Waals surface area (Å²) in [5, 5.41) is 2.03. The van der Waals surface area contributed by atoms with Crippen LogP contribution in [-0.2, 0) is 22.6 Å². The minimum Gasteiger partial charge on any atom is -0.382 e. The van der Waals surface area contributed by atoms with E-state index in [0.717, 1.165) is 36.6 Å². The van der Waals surface area contributed by atoms with Crippen molar-refractivity contribution in [2.24, 2.45) is 0 Å². The summed E-state index contributed by atoms with van der Waals surface area (Å²) in [6.07, 6.45) is 0.934. The maximum atomic E-state index is 13.1. The van der Waals surface area contributed by atoms with E-state index in [1.165, 1.54) is 17.0 Å². The summed E-state index contributed by atoms with van der Waals surface area (Å²) in [6.45, 7) is 7.86. The van der Waals surface area contributed by atoms with E-state index in [0.29, 0.717) is 19.6 Å². The van der Waals surface area contributed by atoms with E-state index < -0.39 is 0 Å². The second-order valence-electron chi connectivity index (χ2n) is 6.22. The lowest BCUT2D eigenvalue weighted by atomic mass is 10.2. The van der Waals surface area contributed by atoms with Gasteiger partial charge in [0, 0.05) is 29.3 Å². The summed E-state index contributed by atoms with van der Waals surface area (Å²) in [6, 6.07) is 10.5. The molecule has 0 spiro atoms. The molecule has 0 aliphatic heterocycles. The molecule has 1 amide bonds. The fourth-order valence-electron chi connectivity index (χ4n) is 2.63. The van der Waals surface area contributed by atoms with Crippen molar-refractivity contribution in [3.05, 3.63) is 57.5 Å². The molecule has 0 unspecified atom stereocenters. The molecule has 4 nitrogen and oxygen atoms in total. The van der Waals surface area contributed by atoms with Crippen molar-refractivity contribution < 1.29 is 19.2 Å². The average molecular weight is 380 g/mol. The van der Waals surface area contributed by atoms with Crippen molar-refractivity contribution in [2.75, 3.05) is 26.3 Å². The second-order valence-corrected chi connectivity index (χ2v) is 7.59. The molecule has 2 rings (SSSR count). The van der Waals surface area contributed by atoms with E-state index in [9.17, 15) is 9.18 Å². The molecule has 0 radical (unpaired) electrons. The Kier molecular flexibility index (Phi) is 8.74. The number of amides is 1. The number of carbonyl (C=O) groups is 1. The lowest BCUT2D eigenvalue weighted by Crippen LogP contribution is -2.86. The van der Waals surface area contributed by atoms with Crippen LogP contribution in [0, 0.1) is 12.7 Å². The number of hydrogen-bond acceptors (Lipinski definition) is 3. The predicted molar refractivity (Wildman–Crippen MR) is 102 cm³/mol. The van der Waals surface area contributed by atoms with Gasteiger partial charge < -0.3 is 15.0 Å². The molecule has 0 fully saturated rings. The van der Waals surface area contributed by atoms with Crippen LogP contribution in [0.3, 0.4) is 0 Å². The molecule has 2 aromatic rings. The zero-order valence-electron chi connectivity index (χ0n) is 15.5. The van der Waals surface area contributed by atoms with Crippen molar-refractivity contribution in [1.82, 2.24) is 4.90 Å². The predicted octanol–water partition coefficient (Wildman–Crippen LogP) is 2.71. The lowest BCUT2D eigenvalue weighted by Gasteiger charge is -2.21. The largest absolute Gasteiger partial charge is 0.382 e. The summed E-state index contributed by atoms with van der Waals surface area (Å²) in [5.74, 6) is -0.167. The number of carbonyl (C=O) groups excluding carboxylic acids is 1. The van der Waals surface area contributed by atoms with Gasteiger partial charge in [-0.1, -0.05) is 12.1 Å². The van der Waals surface area contributed by atoms with Crippen LogP contribution in [0.5, 0.6) is 0 Å². The number of hydrogen-bond donors (Lipinski definition) is 1. The summed E-state index contributed by atoms with van der Waals surface area (Å²) in [4.78, 5) is 16.9. The molecule has 0 bridgehead atoms. The zero-order valence-corrected chi connectivity index (χ0v) is 16.4. The number of aryl methyl sites for hydroxylation is 1. The molecule has 6 heteroatoms. The molecule has 26 heavy (non-hydrogen) atoms. The van der Waals surface area contributed by atoms with E-state index in [4.69, 9.17) is 4.74 Å². The first kappa shape index (κ1) is 20.6. The number of benzene rings is 1. The summed E-state index contributed by atoms with van der Waals surface area (Å²) in [5.41, 5.74) is 0.935. The quantitative estimate of drug-likeness (QED) is 0.610. The maximum Gasteiger partial charge on any atom is 0.278 e. The third-order valence-corrected chi connectivity index (χ3v) is 4.99. The molecule has 0 saturated heterocycles. The van der Waals surface area contributed by atoms with Crippen LogP contribution in [0.15, 0.2) is 36.4 Å². The molecule has 2 N–H and O–H groups in total. The Bertz CT molecular complexity index is 673. The normalized spacial score (nSPS) is 10.9. The summed E-state index contributed by atoms with van der Waals surface area (Å²) < 4.78 is 18.4. The number of nitrogens with two attached hydrogens (primary N) is 1. The molecule has 1 aromatic carbocycles. The van der Waals surface area contributed by atoms with E-state index >= 15 is 0 Å². The van der Waals surface area contributed by atoms with Gasteiger partial charge in [-0.3, -0.25) is 4.79 Å². The highest BCUT2D eigenvalue weighted by atomic mass is 32.1. The first-order valence-electron chi connectivity index (χ1n) is 9.05. The Morgan fingerprint density at radius 2 is 1.96 bits per heavy atom. The van der Waals surface area contributed by atoms with Gasteiger partial charge in [-0.2, -0.15) is 0 Å². The number of thiophene rings is 1. The number of rotatable bonds is 11. The lowest BCUT2D eigenvalue weighted by molar-refractivity contribution is -0.645. The monoisotopic (exact) mass is 379 g/mol. The third-order valence-electron chi connectivity index (χ3n) is 4.00. The van der Waals surface area contributed by atoms with Gasteiger partial charge in [-0.05, 0) is 43.7 Å². The van der Waals surface area contributed by atoms with Gasteiger partial charge in [0.2, 0.25) is 0 Å². The van der Waals surface area contributed by atoms with Crippen molar-refractivity contribution in [2.45, 2.75) is 33.4 Å². The smallest absolute Gasteiger partial charge is 0.278 e. The Morgan fingerprint density at radius 3 is 2.62 bits per heavy atom. The van der Waals surface area contributed by atoms with Crippen LogP contribution in [0.2, 0.25) is 0 Å². The number of ether oxygens (including phenoxy) is 1. The van der Waals surface area contributed by atoms with Crippen molar-refractivity contribution in [3.8, 4) is 0 Å². The molecule has 0 aliphatic carbocycles. The van der Waals surface area contributed by atoms with Crippen LogP contribution < -0.4 is 5.32 Å². The van der Waals surface area contributed by atoms with Crippen molar-refractivity contribution in [3.63, 3.8) is 0 Å². The van der Waals surface area contributed by atoms with Crippen molar-refractivity contribution in [1.29, 1.82) is 0 Å². The Balaban J connectivity index is 1.92. The van der Waals surface area contributed by atoms with Crippen LogP contribution in [0.25, 0.3) is 0 Å². The van der Waals surface area contributed by atoms with Gasteiger partial charge in [0.05, 0.1) is 19.7 Å². The molecule has 1 heterocycles. The van der Waals surface area contributed by atoms with Gasteiger partial charge in [-0.15, -0.1) is 11.3 Å². The Hall–Kier alpha value is -1.76. The van der Waals surface area contributed by atoms with Crippen LogP contribution in [0.4, 0.5) is 4.39 Å². The average Bonchev–Trinajstić information content (AvgIpc) is 3.04. The molecule has 142 valence electrons. The second kappa shape index (κ2) is 11.1. The zero-order chi connectivity index (χ0) is 18.8. The van der Waals surface area contributed by atoms with E-state index in [-0.39, 0.29) is 11.7 Å². The van der Waals surface area contributed by atoms with Gasteiger partial charge in [0.1, 0.15) is 5.82 Å². The van der Waals surface area contributed by atoms with E-state index in [1.807, 2.05) is 17.1 Å². The molecular weight excluding hydrogens is 351 g/mol. The van der Waals surface area contributed by atoms with Gasteiger partial charge in [-0.25, -0.2) is 4.39 Å². The standard InChI is InChI=1S/C20H27FN2O2S/c1-3-25-12-4-11-22-13-20(24)23(15-19-10-5-16(2)26-19)14-17-6-8-18(21)9-7-17/h5-10,22H,3-4,11-15H2,1-2H3/p+1. The number of quaternary nitrogens is 1. The van der Waals surface area contributed by atoms with Crippen LogP contribution in [0.1, 0.15) is 28.7 Å². The van der Waals surface area contributed by atoms with Crippen molar-refractivity contribution >= 4 is 17.2 Å². The van der Waals surface area contributed by atoms with E-state index in [2.05, 4.69) is 19.1 Å².